The Balaban J connectivity index is 1.97. The molecule has 0 radical (unpaired) electrons. The van der Waals surface area contributed by atoms with E-state index in [1.165, 1.54) is 4.90 Å². The first-order valence-corrected chi connectivity index (χ1v) is 6.42. The van der Waals surface area contributed by atoms with Gasteiger partial charge in [0.25, 0.3) is 0 Å². The third kappa shape index (κ3) is 3.38. The SMILES string of the molecule is Cc1c(Cl)cccc1NC(=O)CN1CCCOC1=O. The Morgan fingerprint density at radius 2 is 2.32 bits per heavy atom. The summed E-state index contributed by atoms with van der Waals surface area (Å²) in [5.41, 5.74) is 1.46. The highest BCUT2D eigenvalue weighted by Gasteiger charge is 2.22. The molecule has 2 amide bonds. The predicted molar refractivity (Wildman–Crippen MR) is 72.4 cm³/mol. The molecule has 5 nitrogen and oxygen atoms in total. The van der Waals surface area contributed by atoms with Gasteiger partial charge in [-0.2, -0.15) is 0 Å². The van der Waals surface area contributed by atoms with Crippen LogP contribution in [0.15, 0.2) is 18.2 Å². The molecular formula is C13H15ClN2O3. The average molecular weight is 283 g/mol. The number of hydrogen-bond acceptors (Lipinski definition) is 3. The second-order valence-corrected chi connectivity index (χ2v) is 4.76. The lowest BCUT2D eigenvalue weighted by molar-refractivity contribution is -0.117. The van der Waals surface area contributed by atoms with Crippen LogP contribution in [-0.4, -0.2) is 36.6 Å². The normalized spacial score (nSPS) is 15.1. The molecule has 2 rings (SSSR count). The van der Waals surface area contributed by atoms with Crippen LogP contribution in [0.3, 0.4) is 0 Å². The van der Waals surface area contributed by atoms with Gasteiger partial charge in [0, 0.05) is 17.3 Å². The van der Waals surface area contributed by atoms with E-state index in [1.807, 2.05) is 6.92 Å². The summed E-state index contributed by atoms with van der Waals surface area (Å²) >= 11 is 5.98. The number of amides is 2. The van der Waals surface area contributed by atoms with E-state index in [9.17, 15) is 9.59 Å². The van der Waals surface area contributed by atoms with Crippen molar-refractivity contribution in [3.8, 4) is 0 Å². The van der Waals surface area contributed by atoms with E-state index in [2.05, 4.69) is 5.32 Å². The molecule has 19 heavy (non-hydrogen) atoms. The lowest BCUT2D eigenvalue weighted by Crippen LogP contribution is -2.42. The van der Waals surface area contributed by atoms with E-state index in [-0.39, 0.29) is 12.5 Å². The van der Waals surface area contributed by atoms with Gasteiger partial charge in [-0.15, -0.1) is 0 Å². The van der Waals surface area contributed by atoms with Crippen LogP contribution < -0.4 is 5.32 Å². The van der Waals surface area contributed by atoms with E-state index in [0.717, 1.165) is 12.0 Å². The maximum atomic E-state index is 11.9. The third-order valence-corrected chi connectivity index (χ3v) is 3.34. The van der Waals surface area contributed by atoms with Gasteiger partial charge in [-0.1, -0.05) is 17.7 Å². The van der Waals surface area contributed by atoms with Crippen molar-refractivity contribution >= 4 is 29.3 Å². The van der Waals surface area contributed by atoms with Crippen LogP contribution in [0.4, 0.5) is 10.5 Å². The summed E-state index contributed by atoms with van der Waals surface area (Å²) in [6, 6.07) is 5.29. The molecule has 1 saturated heterocycles. The van der Waals surface area contributed by atoms with E-state index in [4.69, 9.17) is 16.3 Å². The maximum Gasteiger partial charge on any atom is 0.410 e. The highest BCUT2D eigenvalue weighted by Crippen LogP contribution is 2.22. The molecule has 0 saturated carbocycles. The van der Waals surface area contributed by atoms with Crippen LogP contribution in [0.1, 0.15) is 12.0 Å². The number of ether oxygens (including phenoxy) is 1. The van der Waals surface area contributed by atoms with Crippen LogP contribution >= 0.6 is 11.6 Å². The van der Waals surface area contributed by atoms with Gasteiger partial charge in [0.05, 0.1) is 6.61 Å². The number of rotatable bonds is 3. The van der Waals surface area contributed by atoms with E-state index < -0.39 is 6.09 Å². The Morgan fingerprint density at radius 1 is 1.53 bits per heavy atom. The number of anilines is 1. The standard InChI is InChI=1S/C13H15ClN2O3/c1-9-10(14)4-2-5-11(9)15-12(17)8-16-6-3-7-19-13(16)18/h2,4-5H,3,6-8H2,1H3,(H,15,17). The fraction of sp³-hybridized carbons (Fsp3) is 0.385. The van der Waals surface area contributed by atoms with Crippen molar-refractivity contribution < 1.29 is 14.3 Å². The third-order valence-electron chi connectivity index (χ3n) is 2.93. The summed E-state index contributed by atoms with van der Waals surface area (Å²) in [5.74, 6) is -0.260. The highest BCUT2D eigenvalue weighted by atomic mass is 35.5. The fourth-order valence-electron chi connectivity index (χ4n) is 1.85. The van der Waals surface area contributed by atoms with Gasteiger partial charge in [0.2, 0.25) is 5.91 Å². The number of nitrogens with zero attached hydrogens (tertiary/aromatic N) is 1. The number of carbonyl (C=O) groups is 2. The number of halogens is 1. The zero-order valence-electron chi connectivity index (χ0n) is 10.6. The van der Waals surface area contributed by atoms with Crippen molar-refractivity contribution in [3.63, 3.8) is 0 Å². The van der Waals surface area contributed by atoms with Crippen LogP contribution in [0.2, 0.25) is 5.02 Å². The van der Waals surface area contributed by atoms with Crippen molar-refractivity contribution in [2.45, 2.75) is 13.3 Å². The lowest BCUT2D eigenvalue weighted by Gasteiger charge is -2.25. The molecule has 1 heterocycles. The zero-order valence-corrected chi connectivity index (χ0v) is 11.4. The Morgan fingerprint density at radius 3 is 3.05 bits per heavy atom. The topological polar surface area (TPSA) is 58.6 Å². The van der Waals surface area contributed by atoms with Gasteiger partial charge in [0.15, 0.2) is 0 Å². The summed E-state index contributed by atoms with van der Waals surface area (Å²) < 4.78 is 4.87. The molecule has 0 aliphatic carbocycles. The van der Waals surface area contributed by atoms with E-state index in [0.29, 0.717) is 23.9 Å². The van der Waals surface area contributed by atoms with E-state index >= 15 is 0 Å². The molecule has 0 unspecified atom stereocenters. The molecule has 1 N–H and O–H groups in total. The van der Waals surface area contributed by atoms with Gasteiger partial charge in [0.1, 0.15) is 6.54 Å². The Labute approximate surface area is 116 Å². The first-order chi connectivity index (χ1) is 9.08. The minimum absolute atomic E-state index is 0.00914. The zero-order chi connectivity index (χ0) is 13.8. The number of nitrogens with one attached hydrogen (secondary N) is 1. The quantitative estimate of drug-likeness (QED) is 0.926. The number of carbonyl (C=O) groups excluding carboxylic acids is 2. The maximum absolute atomic E-state index is 11.9. The number of benzene rings is 1. The minimum Gasteiger partial charge on any atom is -0.449 e. The van der Waals surface area contributed by atoms with Crippen LogP contribution in [-0.2, 0) is 9.53 Å². The predicted octanol–water partition coefficient (Wildman–Crippen LogP) is 2.43. The van der Waals surface area contributed by atoms with Crippen molar-refractivity contribution in [2.75, 3.05) is 25.0 Å². The summed E-state index contributed by atoms with van der Waals surface area (Å²) in [6.45, 7) is 2.78. The van der Waals surface area contributed by atoms with Crippen LogP contribution in [0.5, 0.6) is 0 Å². The second-order valence-electron chi connectivity index (χ2n) is 4.35. The monoisotopic (exact) mass is 282 g/mol. The number of cyclic esters (lactones) is 1. The second kappa shape index (κ2) is 5.93. The van der Waals surface area contributed by atoms with Crippen molar-refractivity contribution in [3.05, 3.63) is 28.8 Å². The van der Waals surface area contributed by atoms with Gasteiger partial charge >= 0.3 is 6.09 Å². The minimum atomic E-state index is -0.441. The molecule has 102 valence electrons. The van der Waals surface area contributed by atoms with Crippen molar-refractivity contribution in [1.29, 1.82) is 0 Å². The fourth-order valence-corrected chi connectivity index (χ4v) is 2.02. The summed E-state index contributed by atoms with van der Waals surface area (Å²) in [4.78, 5) is 24.7. The number of hydrogen-bond donors (Lipinski definition) is 1. The molecule has 0 spiro atoms. The summed E-state index contributed by atoms with van der Waals surface area (Å²) in [6.07, 6.45) is 0.305. The van der Waals surface area contributed by atoms with Crippen molar-refractivity contribution in [1.82, 2.24) is 4.90 Å². The molecule has 1 aromatic carbocycles. The molecule has 1 fully saturated rings. The summed E-state index contributed by atoms with van der Waals surface area (Å²) in [5, 5.41) is 3.34. The van der Waals surface area contributed by atoms with Crippen LogP contribution in [0, 0.1) is 6.92 Å². The molecule has 0 bridgehead atoms. The molecule has 6 heteroatoms. The Kier molecular flexibility index (Phi) is 4.27. The Bertz CT molecular complexity index is 505. The van der Waals surface area contributed by atoms with Crippen molar-refractivity contribution in [2.24, 2.45) is 0 Å². The Hall–Kier alpha value is -1.75. The lowest BCUT2D eigenvalue weighted by atomic mass is 10.2. The van der Waals surface area contributed by atoms with Gasteiger partial charge in [-0.05, 0) is 31.0 Å². The average Bonchev–Trinajstić information content (AvgIpc) is 2.38. The molecule has 0 atom stereocenters. The van der Waals surface area contributed by atoms with Crippen LogP contribution in [0.25, 0.3) is 0 Å². The smallest absolute Gasteiger partial charge is 0.410 e. The first kappa shape index (κ1) is 13.7. The first-order valence-electron chi connectivity index (χ1n) is 6.04. The van der Waals surface area contributed by atoms with Gasteiger partial charge < -0.3 is 10.1 Å². The highest BCUT2D eigenvalue weighted by molar-refractivity contribution is 6.31. The molecule has 1 aliphatic rings. The summed E-state index contributed by atoms with van der Waals surface area (Å²) in [7, 11) is 0. The molecule has 0 aromatic heterocycles. The van der Waals surface area contributed by atoms with Gasteiger partial charge in [-0.3, -0.25) is 9.69 Å². The molecule has 1 aromatic rings. The van der Waals surface area contributed by atoms with Gasteiger partial charge in [-0.25, -0.2) is 4.79 Å². The molecular weight excluding hydrogens is 268 g/mol. The largest absolute Gasteiger partial charge is 0.449 e. The van der Waals surface area contributed by atoms with E-state index in [1.54, 1.807) is 18.2 Å². The molecule has 1 aliphatic heterocycles.